The lowest BCUT2D eigenvalue weighted by molar-refractivity contribution is -0.133. The third kappa shape index (κ3) is 4.97. The lowest BCUT2D eigenvalue weighted by atomic mass is 9.86. The van der Waals surface area contributed by atoms with Crippen LogP contribution in [-0.4, -0.2) is 47.8 Å². The van der Waals surface area contributed by atoms with E-state index in [2.05, 4.69) is 0 Å². The van der Waals surface area contributed by atoms with Gasteiger partial charge in [-0.25, -0.2) is 0 Å². The Bertz CT molecular complexity index is 605. The minimum Gasteiger partial charge on any atom is -0.339 e. The monoisotopic (exact) mass is 362 g/mol. The normalized spacial score (nSPS) is 19.1. The van der Waals surface area contributed by atoms with Crippen LogP contribution in [-0.2, 0) is 4.79 Å². The van der Waals surface area contributed by atoms with Crippen molar-refractivity contribution in [3.05, 3.63) is 34.9 Å². The minimum atomic E-state index is -0.00296. The zero-order chi connectivity index (χ0) is 17.6. The Kier molecular flexibility index (Phi) is 6.35. The second-order valence-electron chi connectivity index (χ2n) is 7.23. The summed E-state index contributed by atoms with van der Waals surface area (Å²) in [7, 11) is 0. The molecule has 4 nitrogen and oxygen atoms in total. The predicted molar refractivity (Wildman–Crippen MR) is 99.7 cm³/mol. The van der Waals surface area contributed by atoms with Gasteiger partial charge in [0.05, 0.1) is 0 Å². The average molecular weight is 363 g/mol. The highest BCUT2D eigenvalue weighted by atomic mass is 35.5. The fraction of sp³-hybridized carbons (Fsp3) is 0.600. The molecule has 0 atom stereocenters. The Labute approximate surface area is 155 Å². The minimum absolute atomic E-state index is 0.00296. The molecule has 1 aromatic rings. The van der Waals surface area contributed by atoms with Crippen LogP contribution in [0.4, 0.5) is 0 Å². The third-order valence-corrected chi connectivity index (χ3v) is 5.72. The van der Waals surface area contributed by atoms with E-state index >= 15 is 0 Å². The number of nitrogens with zero attached hydrogens (tertiary/aromatic N) is 2. The van der Waals surface area contributed by atoms with Crippen molar-refractivity contribution in [1.82, 2.24) is 9.80 Å². The molecule has 0 spiro atoms. The lowest BCUT2D eigenvalue weighted by Crippen LogP contribution is -2.50. The first kappa shape index (κ1) is 18.2. The third-order valence-electron chi connectivity index (χ3n) is 5.48. The molecular formula is C20H27ClN2O2. The van der Waals surface area contributed by atoms with E-state index in [0.29, 0.717) is 43.2 Å². The highest BCUT2D eigenvalue weighted by Gasteiger charge is 2.25. The van der Waals surface area contributed by atoms with Crippen LogP contribution in [0.15, 0.2) is 24.3 Å². The van der Waals surface area contributed by atoms with Crippen LogP contribution in [0.3, 0.4) is 0 Å². The fourth-order valence-electron chi connectivity index (χ4n) is 3.92. The summed E-state index contributed by atoms with van der Waals surface area (Å²) in [6, 6.07) is 7.05. The van der Waals surface area contributed by atoms with Crippen LogP contribution < -0.4 is 0 Å². The Hall–Kier alpha value is -1.55. The zero-order valence-electron chi connectivity index (χ0n) is 14.8. The first-order valence-corrected chi connectivity index (χ1v) is 9.84. The van der Waals surface area contributed by atoms with E-state index in [4.69, 9.17) is 11.6 Å². The molecular weight excluding hydrogens is 336 g/mol. The molecule has 2 fully saturated rings. The summed E-state index contributed by atoms with van der Waals surface area (Å²) in [4.78, 5) is 28.7. The molecule has 136 valence electrons. The van der Waals surface area contributed by atoms with Crippen LogP contribution in [0.2, 0.25) is 5.02 Å². The van der Waals surface area contributed by atoms with Crippen LogP contribution in [0.25, 0.3) is 0 Å². The molecule has 0 aromatic heterocycles. The summed E-state index contributed by atoms with van der Waals surface area (Å²) in [6.07, 6.45) is 8.26. The van der Waals surface area contributed by atoms with Gasteiger partial charge >= 0.3 is 0 Å². The lowest BCUT2D eigenvalue weighted by Gasteiger charge is -2.35. The van der Waals surface area contributed by atoms with Gasteiger partial charge in [-0.2, -0.15) is 0 Å². The van der Waals surface area contributed by atoms with Gasteiger partial charge in [-0.3, -0.25) is 9.59 Å². The van der Waals surface area contributed by atoms with Crippen molar-refractivity contribution < 1.29 is 9.59 Å². The quantitative estimate of drug-likeness (QED) is 0.812. The number of benzene rings is 1. The fourth-order valence-corrected chi connectivity index (χ4v) is 4.11. The Morgan fingerprint density at radius 2 is 1.68 bits per heavy atom. The van der Waals surface area contributed by atoms with Crippen LogP contribution in [0.1, 0.15) is 55.3 Å². The van der Waals surface area contributed by atoms with Crippen LogP contribution in [0.5, 0.6) is 0 Å². The molecule has 1 saturated carbocycles. The molecule has 0 N–H and O–H groups in total. The summed E-state index contributed by atoms with van der Waals surface area (Å²) in [5, 5.41) is 0.572. The number of piperazine rings is 1. The van der Waals surface area contributed by atoms with Gasteiger partial charge in [0.25, 0.3) is 5.91 Å². The maximum atomic E-state index is 12.5. The molecule has 3 rings (SSSR count). The van der Waals surface area contributed by atoms with E-state index in [-0.39, 0.29) is 11.8 Å². The van der Waals surface area contributed by atoms with E-state index in [1.165, 1.54) is 32.1 Å². The Morgan fingerprint density at radius 3 is 2.36 bits per heavy atom. The molecule has 0 unspecified atom stereocenters. The smallest absolute Gasteiger partial charge is 0.254 e. The number of carbonyl (C=O) groups excluding carboxylic acids is 2. The molecule has 1 aliphatic carbocycles. The molecule has 2 amide bonds. The average Bonchev–Trinajstić information content (AvgIpc) is 2.66. The van der Waals surface area contributed by atoms with Crippen LogP contribution in [0, 0.1) is 5.92 Å². The second-order valence-corrected chi connectivity index (χ2v) is 7.66. The van der Waals surface area contributed by atoms with Gasteiger partial charge in [-0.05, 0) is 30.5 Å². The number of hydrogen-bond acceptors (Lipinski definition) is 2. The van der Waals surface area contributed by atoms with Gasteiger partial charge in [-0.1, -0.05) is 49.8 Å². The van der Waals surface area contributed by atoms with E-state index in [0.717, 1.165) is 12.3 Å². The number of halogens is 1. The van der Waals surface area contributed by atoms with Crippen molar-refractivity contribution in [2.75, 3.05) is 26.2 Å². The molecule has 0 bridgehead atoms. The Morgan fingerprint density at radius 1 is 1.00 bits per heavy atom. The highest BCUT2D eigenvalue weighted by molar-refractivity contribution is 6.30. The summed E-state index contributed by atoms with van der Waals surface area (Å²) in [5.41, 5.74) is 0.615. The molecule has 2 aliphatic rings. The van der Waals surface area contributed by atoms with Gasteiger partial charge < -0.3 is 9.80 Å². The summed E-state index contributed by atoms with van der Waals surface area (Å²) >= 11 is 5.97. The van der Waals surface area contributed by atoms with Crippen LogP contribution >= 0.6 is 11.6 Å². The number of carbonyl (C=O) groups is 2. The zero-order valence-corrected chi connectivity index (χ0v) is 15.5. The SMILES string of the molecule is O=C(CCC1CCCCC1)N1CCN(C(=O)c2cccc(Cl)c2)CC1. The van der Waals surface area contributed by atoms with E-state index < -0.39 is 0 Å². The molecule has 0 radical (unpaired) electrons. The Balaban J connectivity index is 1.44. The van der Waals surface area contributed by atoms with Gasteiger partial charge in [0.15, 0.2) is 0 Å². The van der Waals surface area contributed by atoms with Crippen molar-refractivity contribution in [3.63, 3.8) is 0 Å². The maximum Gasteiger partial charge on any atom is 0.254 e. The molecule has 1 saturated heterocycles. The second kappa shape index (κ2) is 8.70. The predicted octanol–water partition coefficient (Wildman–Crippen LogP) is 3.98. The number of hydrogen-bond donors (Lipinski definition) is 0. The van der Waals surface area contributed by atoms with Gasteiger partial charge in [0.2, 0.25) is 5.91 Å². The van der Waals surface area contributed by atoms with Gasteiger partial charge in [0, 0.05) is 43.2 Å². The standard InChI is InChI=1S/C20H27ClN2O2/c21-18-8-4-7-17(15-18)20(25)23-13-11-22(12-14-23)19(24)10-9-16-5-2-1-3-6-16/h4,7-8,15-16H,1-3,5-6,9-14H2. The van der Waals surface area contributed by atoms with E-state index in [1.54, 1.807) is 24.3 Å². The van der Waals surface area contributed by atoms with Gasteiger partial charge in [0.1, 0.15) is 0 Å². The van der Waals surface area contributed by atoms with Crippen molar-refractivity contribution >= 4 is 23.4 Å². The number of rotatable bonds is 4. The number of amides is 2. The van der Waals surface area contributed by atoms with Crippen molar-refractivity contribution in [1.29, 1.82) is 0 Å². The van der Waals surface area contributed by atoms with Crippen molar-refractivity contribution in [2.24, 2.45) is 5.92 Å². The van der Waals surface area contributed by atoms with E-state index in [9.17, 15) is 9.59 Å². The molecule has 25 heavy (non-hydrogen) atoms. The summed E-state index contributed by atoms with van der Waals surface area (Å²) in [6.45, 7) is 2.46. The largest absolute Gasteiger partial charge is 0.339 e. The van der Waals surface area contributed by atoms with Gasteiger partial charge in [-0.15, -0.1) is 0 Å². The van der Waals surface area contributed by atoms with E-state index in [1.807, 2.05) is 9.80 Å². The molecule has 1 aromatic carbocycles. The first-order chi connectivity index (χ1) is 12.1. The highest BCUT2D eigenvalue weighted by Crippen LogP contribution is 2.27. The van der Waals surface area contributed by atoms with Crippen molar-refractivity contribution in [2.45, 2.75) is 44.9 Å². The molecule has 1 aliphatic heterocycles. The molecule has 5 heteroatoms. The topological polar surface area (TPSA) is 40.6 Å². The summed E-state index contributed by atoms with van der Waals surface area (Å²) < 4.78 is 0. The first-order valence-electron chi connectivity index (χ1n) is 9.46. The maximum absolute atomic E-state index is 12.5. The summed E-state index contributed by atoms with van der Waals surface area (Å²) in [5.74, 6) is 0.987. The van der Waals surface area contributed by atoms with Crippen molar-refractivity contribution in [3.8, 4) is 0 Å². The molecule has 1 heterocycles.